The average Bonchev–Trinajstić information content (AvgIpc) is 3.09. The minimum Gasteiger partial charge on any atom is -0.387 e. The summed E-state index contributed by atoms with van der Waals surface area (Å²) >= 11 is 0. The van der Waals surface area contributed by atoms with E-state index in [9.17, 15) is 14.7 Å². The molecule has 1 saturated carbocycles. The van der Waals surface area contributed by atoms with Crippen molar-refractivity contribution >= 4 is 17.5 Å². The molecule has 5 nitrogen and oxygen atoms in total. The minimum absolute atomic E-state index is 0.0457. The minimum atomic E-state index is -0.740. The molecule has 0 bridgehead atoms. The Morgan fingerprint density at radius 1 is 1.28 bits per heavy atom. The number of likely N-dealkylation sites (tertiary alicyclic amines) is 1. The second-order valence-corrected chi connectivity index (χ2v) is 7.91. The van der Waals surface area contributed by atoms with Crippen LogP contribution in [0.25, 0.3) is 0 Å². The Balaban J connectivity index is 1.52. The van der Waals surface area contributed by atoms with Gasteiger partial charge < -0.3 is 14.9 Å². The summed E-state index contributed by atoms with van der Waals surface area (Å²) in [4.78, 5) is 28.5. The number of hydrogen-bond donors (Lipinski definition) is 1. The van der Waals surface area contributed by atoms with Gasteiger partial charge in [-0.2, -0.15) is 0 Å². The fourth-order valence-corrected chi connectivity index (χ4v) is 4.52. The maximum Gasteiger partial charge on any atom is 0.254 e. The van der Waals surface area contributed by atoms with E-state index in [1.165, 1.54) is 6.42 Å². The Labute approximate surface area is 148 Å². The van der Waals surface area contributed by atoms with E-state index in [0.717, 1.165) is 31.5 Å². The summed E-state index contributed by atoms with van der Waals surface area (Å²) in [7, 11) is 0. The lowest BCUT2D eigenvalue weighted by Crippen LogP contribution is -2.48. The third-order valence-corrected chi connectivity index (χ3v) is 6.37. The van der Waals surface area contributed by atoms with E-state index in [1.54, 1.807) is 15.9 Å². The van der Waals surface area contributed by atoms with Crippen LogP contribution in [0.3, 0.4) is 0 Å². The van der Waals surface area contributed by atoms with Gasteiger partial charge in [-0.25, -0.2) is 0 Å². The third kappa shape index (κ3) is 2.74. The second kappa shape index (κ2) is 6.13. The van der Waals surface area contributed by atoms with E-state index in [1.807, 2.05) is 25.1 Å². The van der Waals surface area contributed by atoms with E-state index < -0.39 is 5.60 Å². The number of hydrogen-bond acceptors (Lipinski definition) is 3. The molecule has 0 unspecified atom stereocenters. The number of aliphatic hydroxyl groups is 1. The van der Waals surface area contributed by atoms with Crippen LogP contribution in [0, 0.1) is 11.8 Å². The standard InChI is InChI=1S/C20H26N2O3/c1-14-12-21(13-20(14,25)16-6-3-7-16)19(24)15-5-2-8-17(11-15)22-10-4-9-18(22)23/h2,5,8,11,14,16,25H,3-4,6-7,9-10,12-13H2,1H3/t14-,20+/m1/s1. The Morgan fingerprint density at radius 3 is 2.72 bits per heavy atom. The van der Waals surface area contributed by atoms with Gasteiger partial charge >= 0.3 is 0 Å². The molecule has 25 heavy (non-hydrogen) atoms. The topological polar surface area (TPSA) is 60.9 Å². The molecule has 1 aliphatic carbocycles. The van der Waals surface area contributed by atoms with Crippen molar-refractivity contribution in [3.05, 3.63) is 29.8 Å². The van der Waals surface area contributed by atoms with Crippen LogP contribution < -0.4 is 4.90 Å². The summed E-state index contributed by atoms with van der Waals surface area (Å²) in [6.07, 6.45) is 4.76. The fourth-order valence-electron chi connectivity index (χ4n) is 4.52. The lowest BCUT2D eigenvalue weighted by atomic mass is 9.69. The molecule has 0 aromatic heterocycles. The molecule has 1 N–H and O–H groups in total. The molecular weight excluding hydrogens is 316 g/mol. The first-order valence-electron chi connectivity index (χ1n) is 9.41. The van der Waals surface area contributed by atoms with Gasteiger partial charge in [0.05, 0.1) is 12.1 Å². The number of nitrogens with zero attached hydrogens (tertiary/aromatic N) is 2. The van der Waals surface area contributed by atoms with Crippen molar-refractivity contribution in [3.63, 3.8) is 0 Å². The Kier molecular flexibility index (Phi) is 4.07. The molecule has 2 amide bonds. The predicted molar refractivity (Wildman–Crippen MR) is 95.4 cm³/mol. The maximum absolute atomic E-state index is 13.0. The fraction of sp³-hybridized carbons (Fsp3) is 0.600. The Morgan fingerprint density at radius 2 is 2.08 bits per heavy atom. The van der Waals surface area contributed by atoms with Gasteiger partial charge in [0, 0.05) is 36.7 Å². The molecule has 5 heteroatoms. The molecule has 3 aliphatic rings. The number of amides is 2. The van der Waals surface area contributed by atoms with Crippen molar-refractivity contribution in [2.24, 2.45) is 11.8 Å². The molecule has 134 valence electrons. The monoisotopic (exact) mass is 342 g/mol. The van der Waals surface area contributed by atoms with Crippen molar-refractivity contribution in [3.8, 4) is 0 Å². The highest BCUT2D eigenvalue weighted by atomic mass is 16.3. The van der Waals surface area contributed by atoms with Gasteiger partial charge in [-0.1, -0.05) is 19.4 Å². The van der Waals surface area contributed by atoms with Crippen LogP contribution in [0.2, 0.25) is 0 Å². The van der Waals surface area contributed by atoms with E-state index >= 15 is 0 Å². The van der Waals surface area contributed by atoms with Crippen molar-refractivity contribution in [2.75, 3.05) is 24.5 Å². The number of rotatable bonds is 3. The molecule has 4 rings (SSSR count). The zero-order valence-electron chi connectivity index (χ0n) is 14.8. The van der Waals surface area contributed by atoms with Crippen LogP contribution in [0.5, 0.6) is 0 Å². The summed E-state index contributed by atoms with van der Waals surface area (Å²) in [5.41, 5.74) is 0.660. The quantitative estimate of drug-likeness (QED) is 0.918. The molecule has 1 aromatic rings. The largest absolute Gasteiger partial charge is 0.387 e. The molecule has 3 fully saturated rings. The molecule has 2 atom stereocenters. The van der Waals surface area contributed by atoms with Gasteiger partial charge in [-0.3, -0.25) is 9.59 Å². The first-order chi connectivity index (χ1) is 12.0. The smallest absolute Gasteiger partial charge is 0.254 e. The molecule has 2 aliphatic heterocycles. The molecule has 2 heterocycles. The number of carbonyl (C=O) groups is 2. The van der Waals surface area contributed by atoms with Crippen LogP contribution in [-0.2, 0) is 4.79 Å². The van der Waals surface area contributed by atoms with Crippen LogP contribution in [0.1, 0.15) is 49.4 Å². The summed E-state index contributed by atoms with van der Waals surface area (Å²) in [6, 6.07) is 7.35. The summed E-state index contributed by atoms with van der Waals surface area (Å²) in [5.74, 6) is 0.508. The highest BCUT2D eigenvalue weighted by Gasteiger charge is 2.51. The van der Waals surface area contributed by atoms with Crippen molar-refractivity contribution in [2.45, 2.75) is 44.6 Å². The van der Waals surface area contributed by atoms with Crippen LogP contribution in [-0.4, -0.2) is 47.1 Å². The maximum atomic E-state index is 13.0. The molecular formula is C20H26N2O3. The van der Waals surface area contributed by atoms with E-state index in [-0.39, 0.29) is 17.7 Å². The third-order valence-electron chi connectivity index (χ3n) is 6.37. The van der Waals surface area contributed by atoms with E-state index in [2.05, 4.69) is 0 Å². The van der Waals surface area contributed by atoms with E-state index in [0.29, 0.717) is 31.0 Å². The molecule has 0 spiro atoms. The number of benzene rings is 1. The SMILES string of the molecule is C[C@@H]1CN(C(=O)c2cccc(N3CCCC3=O)c2)C[C@@]1(O)C1CCC1. The number of β-amino-alcohol motifs (C(OH)–C–C–N with tert-alkyl or cyclic N) is 1. The average molecular weight is 342 g/mol. The lowest BCUT2D eigenvalue weighted by molar-refractivity contribution is -0.117. The molecule has 0 radical (unpaired) electrons. The normalized spacial score (nSPS) is 30.0. The van der Waals surface area contributed by atoms with E-state index in [4.69, 9.17) is 0 Å². The zero-order valence-corrected chi connectivity index (χ0v) is 14.8. The van der Waals surface area contributed by atoms with Crippen LogP contribution >= 0.6 is 0 Å². The Bertz CT molecular complexity index is 700. The Hall–Kier alpha value is -1.88. The highest BCUT2D eigenvalue weighted by Crippen LogP contribution is 2.44. The van der Waals surface area contributed by atoms with Crippen molar-refractivity contribution in [1.82, 2.24) is 4.90 Å². The summed E-state index contributed by atoms with van der Waals surface area (Å²) < 4.78 is 0. The summed E-state index contributed by atoms with van der Waals surface area (Å²) in [6.45, 7) is 3.78. The first kappa shape index (κ1) is 16.6. The zero-order chi connectivity index (χ0) is 17.6. The van der Waals surface area contributed by atoms with Crippen LogP contribution in [0.4, 0.5) is 5.69 Å². The molecule has 2 saturated heterocycles. The predicted octanol–water partition coefficient (Wildman–Crippen LogP) is 2.44. The van der Waals surface area contributed by atoms with Gasteiger partial charge in [0.2, 0.25) is 5.91 Å². The lowest BCUT2D eigenvalue weighted by Gasteiger charge is -2.41. The van der Waals surface area contributed by atoms with Gasteiger partial charge in [-0.05, 0) is 43.4 Å². The van der Waals surface area contributed by atoms with Gasteiger partial charge in [-0.15, -0.1) is 0 Å². The summed E-state index contributed by atoms with van der Waals surface area (Å²) in [5, 5.41) is 11.1. The second-order valence-electron chi connectivity index (χ2n) is 7.91. The van der Waals surface area contributed by atoms with Gasteiger partial charge in [0.15, 0.2) is 0 Å². The number of anilines is 1. The number of carbonyl (C=O) groups excluding carboxylic acids is 2. The van der Waals surface area contributed by atoms with Crippen LogP contribution in [0.15, 0.2) is 24.3 Å². The van der Waals surface area contributed by atoms with Crippen molar-refractivity contribution < 1.29 is 14.7 Å². The molecule has 1 aromatic carbocycles. The van der Waals surface area contributed by atoms with Gasteiger partial charge in [0.25, 0.3) is 5.91 Å². The highest BCUT2D eigenvalue weighted by molar-refractivity contribution is 5.99. The van der Waals surface area contributed by atoms with Crippen molar-refractivity contribution in [1.29, 1.82) is 0 Å². The van der Waals surface area contributed by atoms with Gasteiger partial charge in [0.1, 0.15) is 0 Å². The first-order valence-corrected chi connectivity index (χ1v) is 9.41.